The van der Waals surface area contributed by atoms with Crippen LogP contribution < -0.4 is 14.8 Å². The van der Waals surface area contributed by atoms with Crippen LogP contribution in [0.4, 0.5) is 5.69 Å². The highest BCUT2D eigenvalue weighted by Crippen LogP contribution is 2.54. The van der Waals surface area contributed by atoms with Crippen molar-refractivity contribution in [2.24, 2.45) is 0 Å². The van der Waals surface area contributed by atoms with Gasteiger partial charge in [0.05, 0.1) is 25.6 Å². The minimum absolute atomic E-state index is 0.0151. The van der Waals surface area contributed by atoms with E-state index in [4.69, 9.17) is 9.47 Å². The smallest absolute Gasteiger partial charge is 0.123 e. The predicted octanol–water partition coefficient (Wildman–Crippen LogP) is 6.22. The molecule has 1 aliphatic carbocycles. The summed E-state index contributed by atoms with van der Waals surface area (Å²) in [6.45, 7) is 7.42. The molecule has 2 aliphatic rings. The Kier molecular flexibility index (Phi) is 5.38. The zero-order valence-electron chi connectivity index (χ0n) is 18.9. The molecule has 1 aromatic heterocycles. The highest BCUT2D eigenvalue weighted by atomic mass is 16.5. The van der Waals surface area contributed by atoms with Gasteiger partial charge in [0.1, 0.15) is 11.5 Å². The second-order valence-corrected chi connectivity index (χ2v) is 8.88. The zero-order chi connectivity index (χ0) is 22.1. The standard InChI is InChI=1S/C28H30N2O2/c1-4-20-18-32-27-16-22(9-12-25(20)27)28(13-14-28)19(2)30-24-11-10-23(29-17-24)15-21-7-5-6-8-26(21)31-3/h5-12,16-17,20,30H,2,4,13-15,18H2,1,3H3. The van der Waals surface area contributed by atoms with Gasteiger partial charge in [-0.1, -0.05) is 43.8 Å². The number of hydrogen-bond acceptors (Lipinski definition) is 4. The summed E-state index contributed by atoms with van der Waals surface area (Å²) >= 11 is 0. The Hall–Kier alpha value is -3.27. The highest BCUT2D eigenvalue weighted by Gasteiger charge is 2.47. The van der Waals surface area contributed by atoms with Gasteiger partial charge in [0.15, 0.2) is 0 Å². The Labute approximate surface area is 190 Å². The number of methoxy groups -OCH3 is 1. The molecule has 0 saturated heterocycles. The van der Waals surface area contributed by atoms with Gasteiger partial charge in [0, 0.05) is 40.3 Å². The third-order valence-electron chi connectivity index (χ3n) is 6.95. The van der Waals surface area contributed by atoms with E-state index < -0.39 is 0 Å². The summed E-state index contributed by atoms with van der Waals surface area (Å²) in [6.07, 6.45) is 5.96. The molecule has 1 unspecified atom stereocenters. The van der Waals surface area contributed by atoms with E-state index in [0.717, 1.165) is 66.4 Å². The fourth-order valence-electron chi connectivity index (χ4n) is 4.74. The van der Waals surface area contributed by atoms with E-state index in [1.54, 1.807) is 7.11 Å². The topological polar surface area (TPSA) is 43.4 Å². The highest BCUT2D eigenvalue weighted by molar-refractivity contribution is 5.56. The van der Waals surface area contributed by atoms with Gasteiger partial charge >= 0.3 is 0 Å². The van der Waals surface area contributed by atoms with E-state index in [1.165, 1.54) is 11.1 Å². The SMILES string of the molecule is C=C(Nc1ccc(Cc2ccccc2OC)nc1)C1(c2ccc3c(c2)OCC3CC)CC1. The van der Waals surface area contributed by atoms with Crippen molar-refractivity contribution in [1.82, 2.24) is 4.98 Å². The van der Waals surface area contributed by atoms with Gasteiger partial charge in [-0.05, 0) is 49.1 Å². The van der Waals surface area contributed by atoms with Crippen molar-refractivity contribution in [1.29, 1.82) is 0 Å². The Balaban J connectivity index is 1.28. The predicted molar refractivity (Wildman–Crippen MR) is 129 cm³/mol. The molecule has 0 amide bonds. The molecule has 1 saturated carbocycles. The van der Waals surface area contributed by atoms with Crippen molar-refractivity contribution < 1.29 is 9.47 Å². The Morgan fingerprint density at radius 2 is 2.03 bits per heavy atom. The summed E-state index contributed by atoms with van der Waals surface area (Å²) < 4.78 is 11.4. The molecule has 5 rings (SSSR count). The Morgan fingerprint density at radius 3 is 2.75 bits per heavy atom. The van der Waals surface area contributed by atoms with Crippen molar-refractivity contribution in [2.45, 2.75) is 43.9 Å². The third kappa shape index (κ3) is 3.75. The van der Waals surface area contributed by atoms with Crippen LogP contribution in [0.1, 0.15) is 54.5 Å². The van der Waals surface area contributed by atoms with Crippen LogP contribution in [0.5, 0.6) is 11.5 Å². The second-order valence-electron chi connectivity index (χ2n) is 8.88. The lowest BCUT2D eigenvalue weighted by Crippen LogP contribution is -2.16. The maximum Gasteiger partial charge on any atom is 0.123 e. The molecule has 1 atom stereocenters. The first-order valence-corrected chi connectivity index (χ1v) is 11.4. The largest absolute Gasteiger partial charge is 0.496 e. The number of pyridine rings is 1. The summed E-state index contributed by atoms with van der Waals surface area (Å²) in [5.74, 6) is 2.47. The van der Waals surface area contributed by atoms with Gasteiger partial charge in [0.25, 0.3) is 0 Å². The number of aromatic nitrogens is 1. The molecular weight excluding hydrogens is 396 g/mol. The lowest BCUT2D eigenvalue weighted by Gasteiger charge is -2.21. The number of rotatable bonds is 8. The number of nitrogens with one attached hydrogen (secondary N) is 1. The van der Waals surface area contributed by atoms with E-state index >= 15 is 0 Å². The van der Waals surface area contributed by atoms with Gasteiger partial charge in [0.2, 0.25) is 0 Å². The number of nitrogens with zero attached hydrogens (tertiary/aromatic N) is 1. The van der Waals surface area contributed by atoms with Crippen molar-refractivity contribution in [3.63, 3.8) is 0 Å². The van der Waals surface area contributed by atoms with Crippen LogP contribution in [0, 0.1) is 0 Å². The molecule has 32 heavy (non-hydrogen) atoms. The first kappa shape index (κ1) is 20.6. The third-order valence-corrected chi connectivity index (χ3v) is 6.95. The van der Waals surface area contributed by atoms with Gasteiger partial charge in [-0.15, -0.1) is 0 Å². The summed E-state index contributed by atoms with van der Waals surface area (Å²) in [6, 6.07) is 19.0. The fraction of sp³-hybridized carbons (Fsp3) is 0.321. The Morgan fingerprint density at radius 1 is 1.19 bits per heavy atom. The van der Waals surface area contributed by atoms with E-state index in [0.29, 0.717) is 5.92 Å². The van der Waals surface area contributed by atoms with Crippen molar-refractivity contribution in [3.8, 4) is 11.5 Å². The number of para-hydroxylation sites is 1. The number of hydrogen-bond donors (Lipinski definition) is 1. The molecule has 1 fully saturated rings. The lowest BCUT2D eigenvalue weighted by atomic mass is 9.89. The summed E-state index contributed by atoms with van der Waals surface area (Å²) in [5, 5.41) is 3.52. The lowest BCUT2D eigenvalue weighted by molar-refractivity contribution is 0.328. The minimum Gasteiger partial charge on any atom is -0.496 e. The van der Waals surface area contributed by atoms with Crippen LogP contribution in [0.15, 0.2) is 73.1 Å². The number of anilines is 1. The summed E-state index contributed by atoms with van der Waals surface area (Å²) in [7, 11) is 1.70. The zero-order valence-corrected chi connectivity index (χ0v) is 18.9. The molecule has 0 spiro atoms. The first-order valence-electron chi connectivity index (χ1n) is 11.4. The fourth-order valence-corrected chi connectivity index (χ4v) is 4.74. The van der Waals surface area contributed by atoms with Crippen LogP contribution in [0.25, 0.3) is 0 Å². The van der Waals surface area contributed by atoms with E-state index in [9.17, 15) is 0 Å². The molecule has 0 bridgehead atoms. The monoisotopic (exact) mass is 426 g/mol. The van der Waals surface area contributed by atoms with Crippen LogP contribution in [0.3, 0.4) is 0 Å². The van der Waals surface area contributed by atoms with E-state index in [1.807, 2.05) is 24.4 Å². The van der Waals surface area contributed by atoms with Crippen LogP contribution >= 0.6 is 0 Å². The molecule has 4 nitrogen and oxygen atoms in total. The molecular formula is C28H30N2O2. The molecule has 0 radical (unpaired) electrons. The normalized spacial score (nSPS) is 17.9. The summed E-state index contributed by atoms with van der Waals surface area (Å²) in [5.41, 5.74) is 6.77. The maximum atomic E-state index is 5.97. The Bertz CT molecular complexity index is 1130. The number of ether oxygens (including phenoxy) is 2. The molecule has 1 aliphatic heterocycles. The molecule has 164 valence electrons. The van der Waals surface area contributed by atoms with Crippen LogP contribution in [-0.2, 0) is 11.8 Å². The maximum absolute atomic E-state index is 5.97. The van der Waals surface area contributed by atoms with E-state index in [-0.39, 0.29) is 5.41 Å². The molecule has 2 heterocycles. The second kappa shape index (κ2) is 8.34. The molecule has 1 N–H and O–H groups in total. The van der Waals surface area contributed by atoms with E-state index in [2.05, 4.69) is 60.2 Å². The van der Waals surface area contributed by atoms with Gasteiger partial charge in [-0.25, -0.2) is 0 Å². The van der Waals surface area contributed by atoms with Gasteiger partial charge in [-0.3, -0.25) is 4.98 Å². The molecule has 4 heteroatoms. The minimum atomic E-state index is -0.0151. The van der Waals surface area contributed by atoms with Gasteiger partial charge < -0.3 is 14.8 Å². The number of fused-ring (bicyclic) bond motifs is 1. The van der Waals surface area contributed by atoms with Gasteiger partial charge in [-0.2, -0.15) is 0 Å². The molecule has 3 aromatic rings. The average Bonchev–Trinajstić information content (AvgIpc) is 3.54. The average molecular weight is 427 g/mol. The summed E-state index contributed by atoms with van der Waals surface area (Å²) in [4.78, 5) is 4.66. The molecule has 2 aromatic carbocycles. The van der Waals surface area contributed by atoms with Crippen molar-refractivity contribution >= 4 is 5.69 Å². The number of benzene rings is 2. The van der Waals surface area contributed by atoms with Crippen LogP contribution in [-0.4, -0.2) is 18.7 Å². The quantitative estimate of drug-likeness (QED) is 0.464. The first-order chi connectivity index (χ1) is 15.6. The van der Waals surface area contributed by atoms with Crippen LogP contribution in [0.2, 0.25) is 0 Å². The number of allylic oxidation sites excluding steroid dienone is 1. The van der Waals surface area contributed by atoms with Crippen molar-refractivity contribution in [3.05, 3.63) is 95.5 Å². The van der Waals surface area contributed by atoms with Crippen molar-refractivity contribution in [2.75, 3.05) is 19.0 Å².